The Morgan fingerprint density at radius 3 is 2.02 bits per heavy atom. The van der Waals surface area contributed by atoms with Crippen LogP contribution in [0, 0.1) is 0 Å². The molecule has 2 aromatic carbocycles. The summed E-state index contributed by atoms with van der Waals surface area (Å²) in [6.07, 6.45) is 21.5. The van der Waals surface area contributed by atoms with Crippen LogP contribution in [-0.2, 0) is 16.7 Å². The van der Waals surface area contributed by atoms with Crippen LogP contribution in [0.4, 0.5) is 0 Å². The van der Waals surface area contributed by atoms with Crippen LogP contribution in [0.5, 0.6) is 5.75 Å². The molecule has 7 nitrogen and oxygen atoms in total. The zero-order chi connectivity index (χ0) is 32.6. The molecule has 0 unspecified atom stereocenters. The molecular formula is C37H51NO6S2. The molecular weight excluding hydrogens is 619 g/mol. The van der Waals surface area contributed by atoms with Gasteiger partial charge in [0.1, 0.15) is 21.6 Å². The van der Waals surface area contributed by atoms with Crippen molar-refractivity contribution in [3.63, 3.8) is 0 Å². The van der Waals surface area contributed by atoms with Crippen molar-refractivity contribution < 1.29 is 26.7 Å². The van der Waals surface area contributed by atoms with E-state index < -0.39 is 21.5 Å². The van der Waals surface area contributed by atoms with Crippen LogP contribution in [-0.4, -0.2) is 25.3 Å². The maximum absolute atomic E-state index is 13.2. The second-order valence-electron chi connectivity index (χ2n) is 12.4. The van der Waals surface area contributed by atoms with Crippen LogP contribution >= 0.6 is 11.3 Å². The molecule has 0 radical (unpaired) electrons. The summed E-state index contributed by atoms with van der Waals surface area (Å²) < 4.78 is 48.1. The van der Waals surface area contributed by atoms with Crippen LogP contribution in [0.3, 0.4) is 0 Å². The lowest BCUT2D eigenvalue weighted by atomic mass is 10.0. The van der Waals surface area contributed by atoms with Gasteiger partial charge in [0.25, 0.3) is 5.01 Å². The summed E-state index contributed by atoms with van der Waals surface area (Å²) in [6, 6.07) is 15.1. The van der Waals surface area contributed by atoms with E-state index in [0.29, 0.717) is 35.1 Å². The molecule has 0 spiro atoms. The lowest BCUT2D eigenvalue weighted by Crippen LogP contribution is -2.36. The highest BCUT2D eigenvalue weighted by atomic mass is 32.2. The van der Waals surface area contributed by atoms with Crippen LogP contribution in [0.1, 0.15) is 116 Å². The number of para-hydroxylation sites is 1. The number of fused-ring (bicyclic) bond motifs is 2. The summed E-state index contributed by atoms with van der Waals surface area (Å²) in [5, 5.41) is 1.44. The Morgan fingerprint density at radius 1 is 0.783 bits per heavy atom. The summed E-state index contributed by atoms with van der Waals surface area (Å²) >= 11 is 1.44. The number of hydrogen-bond acceptors (Lipinski definition) is 7. The average Bonchev–Trinajstić information content (AvgIpc) is 3.39. The van der Waals surface area contributed by atoms with Crippen LogP contribution in [0.25, 0.3) is 31.8 Å². The molecule has 252 valence electrons. The summed E-state index contributed by atoms with van der Waals surface area (Å²) in [7, 11) is -4.32. The second-order valence-corrected chi connectivity index (χ2v) is 15.0. The molecule has 9 heteroatoms. The number of thiazole rings is 1. The normalized spacial score (nSPS) is 12.0. The van der Waals surface area contributed by atoms with Gasteiger partial charge in [0.2, 0.25) is 5.52 Å². The summed E-state index contributed by atoms with van der Waals surface area (Å²) in [5.41, 5.74) is 1.27. The van der Waals surface area contributed by atoms with Gasteiger partial charge >= 0.3 is 5.63 Å². The van der Waals surface area contributed by atoms with E-state index in [-0.39, 0.29) is 6.42 Å². The van der Waals surface area contributed by atoms with E-state index in [1.165, 1.54) is 101 Å². The molecule has 4 rings (SSSR count). The fourth-order valence-corrected chi connectivity index (χ4v) is 7.70. The third-order valence-corrected chi connectivity index (χ3v) is 10.6. The number of nitrogens with zero attached hydrogens (tertiary/aromatic N) is 1. The van der Waals surface area contributed by atoms with E-state index in [4.69, 9.17) is 9.15 Å². The van der Waals surface area contributed by atoms with Gasteiger partial charge in [-0.25, -0.2) is 13.2 Å². The third kappa shape index (κ3) is 11.8. The number of rotatable bonds is 23. The van der Waals surface area contributed by atoms with E-state index >= 15 is 0 Å². The second kappa shape index (κ2) is 19.2. The van der Waals surface area contributed by atoms with Crippen LogP contribution in [0.15, 0.2) is 57.7 Å². The molecule has 0 aliphatic carbocycles. The number of hydrogen-bond donors (Lipinski definition) is 0. The molecule has 0 fully saturated rings. The first-order chi connectivity index (χ1) is 22.4. The largest absolute Gasteiger partial charge is 0.748 e. The van der Waals surface area contributed by atoms with Gasteiger partial charge in [0, 0.05) is 29.7 Å². The quantitative estimate of drug-likeness (QED) is 0.0337. The van der Waals surface area contributed by atoms with E-state index in [1.54, 1.807) is 6.07 Å². The van der Waals surface area contributed by atoms with Crippen molar-refractivity contribution in [3.8, 4) is 16.3 Å². The fourth-order valence-electron chi connectivity index (χ4n) is 6.03. The smallest absolute Gasteiger partial charge is 0.351 e. The third-order valence-electron chi connectivity index (χ3n) is 8.59. The highest BCUT2D eigenvalue weighted by molar-refractivity contribution is 7.85. The van der Waals surface area contributed by atoms with Crippen LogP contribution < -0.4 is 14.9 Å². The highest BCUT2D eigenvalue weighted by Crippen LogP contribution is 2.30. The van der Waals surface area contributed by atoms with Gasteiger partial charge in [-0.2, -0.15) is 4.57 Å². The zero-order valence-electron chi connectivity index (χ0n) is 27.5. The lowest BCUT2D eigenvalue weighted by Gasteiger charge is -2.08. The standard InChI is InChI=1S/C37H51NO6S2/c1-2-3-4-5-6-7-8-9-10-11-12-13-14-15-16-19-26-43-31-24-23-30-28-32(37(39)44-34(30)29-31)36-38(25-20-27-46(40,41)42)33-21-17-18-22-35(33)45-36/h17-18,21-24,28-29H,2-16,19-20,25-27H2,1H3. The van der Waals surface area contributed by atoms with Gasteiger partial charge < -0.3 is 13.7 Å². The Labute approximate surface area is 278 Å². The molecule has 0 saturated carbocycles. The first-order valence-corrected chi connectivity index (χ1v) is 19.8. The highest BCUT2D eigenvalue weighted by Gasteiger charge is 2.25. The molecule has 0 saturated heterocycles. The maximum atomic E-state index is 13.2. The Hall–Kier alpha value is -2.75. The first-order valence-electron chi connectivity index (χ1n) is 17.4. The van der Waals surface area contributed by atoms with Gasteiger partial charge in [-0.15, -0.1) is 0 Å². The summed E-state index contributed by atoms with van der Waals surface area (Å²) in [6.45, 7) is 3.20. The SMILES string of the molecule is CCCCCCCCCCCCCCCCCCOc1ccc2cc(-c3sc4ccccc4[n+]3CCCS(=O)(=O)[O-])c(=O)oc2c1. The van der Waals surface area contributed by atoms with Gasteiger partial charge in [0.15, 0.2) is 6.54 Å². The topological polar surface area (TPSA) is 101 Å². The number of unbranched alkanes of at least 4 members (excludes halogenated alkanes) is 15. The van der Waals surface area contributed by atoms with Crippen molar-refractivity contribution in [2.24, 2.45) is 0 Å². The van der Waals surface area contributed by atoms with Crippen molar-refractivity contribution in [1.29, 1.82) is 0 Å². The average molecular weight is 670 g/mol. The van der Waals surface area contributed by atoms with E-state index in [1.807, 2.05) is 47.0 Å². The van der Waals surface area contributed by atoms with Crippen molar-refractivity contribution in [2.75, 3.05) is 12.4 Å². The van der Waals surface area contributed by atoms with E-state index in [2.05, 4.69) is 6.92 Å². The van der Waals surface area contributed by atoms with Crippen molar-refractivity contribution >= 4 is 42.6 Å². The molecule has 4 aromatic rings. The maximum Gasteiger partial charge on any atom is 0.351 e. The number of aromatic nitrogens is 1. The van der Waals surface area contributed by atoms with Crippen molar-refractivity contribution in [2.45, 2.75) is 123 Å². The summed E-state index contributed by atoms with van der Waals surface area (Å²) in [5.74, 6) is 0.220. The van der Waals surface area contributed by atoms with Gasteiger partial charge in [-0.05, 0) is 30.7 Å². The van der Waals surface area contributed by atoms with Gasteiger partial charge in [-0.1, -0.05) is 127 Å². The van der Waals surface area contributed by atoms with E-state index in [9.17, 15) is 17.8 Å². The molecule has 2 aromatic heterocycles. The number of ether oxygens (including phenoxy) is 1. The Balaban J connectivity index is 1.19. The molecule has 2 heterocycles. The summed E-state index contributed by atoms with van der Waals surface area (Å²) in [4.78, 5) is 13.2. The number of aryl methyl sites for hydroxylation is 1. The fraction of sp³-hybridized carbons (Fsp3) is 0.568. The monoisotopic (exact) mass is 669 g/mol. The Bertz CT molecular complexity index is 1660. The zero-order valence-corrected chi connectivity index (χ0v) is 29.1. The van der Waals surface area contributed by atoms with Crippen LogP contribution in [0.2, 0.25) is 0 Å². The molecule has 0 aliphatic heterocycles. The molecule has 0 bridgehead atoms. The minimum Gasteiger partial charge on any atom is -0.748 e. The number of benzene rings is 2. The molecule has 0 N–H and O–H groups in total. The van der Waals surface area contributed by atoms with Crippen molar-refractivity contribution in [1.82, 2.24) is 0 Å². The minimum absolute atomic E-state index is 0.156. The predicted octanol–water partition coefficient (Wildman–Crippen LogP) is 9.54. The Kier molecular flexibility index (Phi) is 15.0. The lowest BCUT2D eigenvalue weighted by molar-refractivity contribution is -0.656. The molecule has 0 amide bonds. The minimum atomic E-state index is -4.32. The van der Waals surface area contributed by atoms with Gasteiger partial charge in [-0.3, -0.25) is 0 Å². The molecule has 46 heavy (non-hydrogen) atoms. The van der Waals surface area contributed by atoms with Gasteiger partial charge in [0.05, 0.1) is 16.7 Å². The Morgan fingerprint density at radius 2 is 1.39 bits per heavy atom. The van der Waals surface area contributed by atoms with Crippen molar-refractivity contribution in [3.05, 3.63) is 59.0 Å². The molecule has 0 aliphatic rings. The predicted molar refractivity (Wildman–Crippen MR) is 188 cm³/mol. The molecule has 0 atom stereocenters. The van der Waals surface area contributed by atoms with E-state index in [0.717, 1.165) is 28.4 Å². The first kappa shape index (κ1) is 36.1.